The summed E-state index contributed by atoms with van der Waals surface area (Å²) >= 11 is 0. The van der Waals surface area contributed by atoms with Crippen LogP contribution in [0.1, 0.15) is 25.7 Å². The minimum atomic E-state index is 0.0157. The maximum atomic E-state index is 12.2. The first kappa shape index (κ1) is 13.9. The molecule has 0 saturated heterocycles. The summed E-state index contributed by atoms with van der Waals surface area (Å²) in [7, 11) is 0. The van der Waals surface area contributed by atoms with E-state index in [9.17, 15) is 4.79 Å². The number of hydrogen-bond acceptors (Lipinski definition) is 3. The Morgan fingerprint density at radius 2 is 2.05 bits per heavy atom. The third-order valence-corrected chi connectivity index (χ3v) is 3.50. The third-order valence-electron chi connectivity index (χ3n) is 3.50. The molecule has 1 N–H and O–H groups in total. The highest BCUT2D eigenvalue weighted by atomic mass is 16.5. The van der Waals surface area contributed by atoms with E-state index in [0.717, 1.165) is 12.8 Å². The Labute approximate surface area is 114 Å². The number of ether oxygens (including phenoxy) is 1. The van der Waals surface area contributed by atoms with Gasteiger partial charge < -0.3 is 14.7 Å². The first-order valence-corrected chi connectivity index (χ1v) is 6.89. The molecule has 0 aromatic heterocycles. The van der Waals surface area contributed by atoms with Gasteiger partial charge in [-0.25, -0.2) is 0 Å². The fourth-order valence-corrected chi connectivity index (χ4v) is 2.20. The van der Waals surface area contributed by atoms with Crippen LogP contribution < -0.4 is 4.74 Å². The topological polar surface area (TPSA) is 49.8 Å². The Kier molecular flexibility index (Phi) is 5.21. The molecule has 1 aromatic rings. The average molecular weight is 263 g/mol. The lowest BCUT2D eigenvalue weighted by atomic mass is 9.91. The Hall–Kier alpha value is -1.55. The van der Waals surface area contributed by atoms with Gasteiger partial charge >= 0.3 is 0 Å². The lowest BCUT2D eigenvalue weighted by Crippen LogP contribution is -2.46. The van der Waals surface area contributed by atoms with Crippen molar-refractivity contribution in [3.63, 3.8) is 0 Å². The summed E-state index contributed by atoms with van der Waals surface area (Å²) < 4.78 is 5.49. The molecular formula is C15H21NO3. The Morgan fingerprint density at radius 3 is 2.63 bits per heavy atom. The predicted molar refractivity (Wildman–Crippen MR) is 73.0 cm³/mol. The number of aliphatic hydroxyl groups excluding tert-OH is 1. The maximum Gasteiger partial charge on any atom is 0.260 e. The van der Waals surface area contributed by atoms with E-state index in [4.69, 9.17) is 9.84 Å². The maximum absolute atomic E-state index is 12.2. The number of aliphatic hydroxyl groups is 1. The molecule has 0 radical (unpaired) electrons. The summed E-state index contributed by atoms with van der Waals surface area (Å²) in [4.78, 5) is 14.0. The van der Waals surface area contributed by atoms with Gasteiger partial charge in [0.2, 0.25) is 0 Å². The molecule has 0 heterocycles. The minimum absolute atomic E-state index is 0.0157. The largest absolute Gasteiger partial charge is 0.484 e. The standard InChI is InChI=1S/C15H21NO3/c17-11-5-10-16(13-6-4-7-13)15(18)12-19-14-8-2-1-3-9-14/h1-3,8-9,13,17H,4-7,10-12H2. The van der Waals surface area contributed by atoms with Crippen molar-refractivity contribution in [1.82, 2.24) is 4.90 Å². The quantitative estimate of drug-likeness (QED) is 0.816. The van der Waals surface area contributed by atoms with Crippen molar-refractivity contribution in [2.24, 2.45) is 0 Å². The highest BCUT2D eigenvalue weighted by Crippen LogP contribution is 2.25. The number of hydrogen-bond donors (Lipinski definition) is 1. The van der Waals surface area contributed by atoms with Gasteiger partial charge in [-0.1, -0.05) is 18.2 Å². The van der Waals surface area contributed by atoms with Gasteiger partial charge in [-0.2, -0.15) is 0 Å². The van der Waals surface area contributed by atoms with Gasteiger partial charge in [0, 0.05) is 19.2 Å². The number of amides is 1. The number of rotatable bonds is 7. The van der Waals surface area contributed by atoms with Gasteiger partial charge in [-0.05, 0) is 37.8 Å². The molecule has 19 heavy (non-hydrogen) atoms. The predicted octanol–water partition coefficient (Wildman–Crippen LogP) is 1.83. The second-order valence-corrected chi connectivity index (χ2v) is 4.85. The number of carbonyl (C=O) groups is 1. The van der Waals surface area contributed by atoms with Crippen LogP contribution in [-0.2, 0) is 4.79 Å². The molecule has 1 aliphatic carbocycles. The third kappa shape index (κ3) is 3.96. The zero-order valence-corrected chi connectivity index (χ0v) is 11.1. The van der Waals surface area contributed by atoms with Gasteiger partial charge in [0.1, 0.15) is 5.75 Å². The Balaban J connectivity index is 1.84. The van der Waals surface area contributed by atoms with Crippen LogP contribution in [0.25, 0.3) is 0 Å². The SMILES string of the molecule is O=C(COc1ccccc1)N(CCCO)C1CCC1. The molecule has 2 rings (SSSR count). The van der Waals surface area contributed by atoms with Crippen LogP contribution in [0.4, 0.5) is 0 Å². The fraction of sp³-hybridized carbons (Fsp3) is 0.533. The van der Waals surface area contributed by atoms with E-state index in [-0.39, 0.29) is 19.1 Å². The van der Waals surface area contributed by atoms with Crippen molar-refractivity contribution in [3.05, 3.63) is 30.3 Å². The Bertz CT molecular complexity index is 390. The molecule has 1 fully saturated rings. The zero-order chi connectivity index (χ0) is 13.5. The average Bonchev–Trinajstić information content (AvgIpc) is 2.39. The molecule has 0 unspecified atom stereocenters. The summed E-state index contributed by atoms with van der Waals surface area (Å²) in [5, 5.41) is 8.91. The fourth-order valence-electron chi connectivity index (χ4n) is 2.20. The zero-order valence-electron chi connectivity index (χ0n) is 11.1. The van der Waals surface area contributed by atoms with E-state index < -0.39 is 0 Å². The second-order valence-electron chi connectivity index (χ2n) is 4.85. The van der Waals surface area contributed by atoms with Crippen LogP contribution in [0.5, 0.6) is 5.75 Å². The number of para-hydroxylation sites is 1. The normalized spacial score (nSPS) is 14.8. The van der Waals surface area contributed by atoms with Gasteiger partial charge in [-0.15, -0.1) is 0 Å². The van der Waals surface area contributed by atoms with E-state index in [1.807, 2.05) is 35.2 Å². The number of benzene rings is 1. The molecule has 4 heteroatoms. The molecule has 4 nitrogen and oxygen atoms in total. The van der Waals surface area contributed by atoms with Crippen LogP contribution in [0.15, 0.2) is 30.3 Å². The van der Waals surface area contributed by atoms with Crippen LogP contribution in [0.3, 0.4) is 0 Å². The van der Waals surface area contributed by atoms with Crippen molar-refractivity contribution in [2.75, 3.05) is 19.8 Å². The van der Waals surface area contributed by atoms with Crippen molar-refractivity contribution in [2.45, 2.75) is 31.7 Å². The number of nitrogens with zero attached hydrogens (tertiary/aromatic N) is 1. The van der Waals surface area contributed by atoms with Crippen molar-refractivity contribution in [1.29, 1.82) is 0 Å². The smallest absolute Gasteiger partial charge is 0.260 e. The molecule has 1 amide bonds. The van der Waals surface area contributed by atoms with Gasteiger partial charge in [0.25, 0.3) is 5.91 Å². The summed E-state index contributed by atoms with van der Waals surface area (Å²) in [5.41, 5.74) is 0. The highest BCUT2D eigenvalue weighted by Gasteiger charge is 2.28. The van der Waals surface area contributed by atoms with Crippen molar-refractivity contribution < 1.29 is 14.6 Å². The van der Waals surface area contributed by atoms with Crippen LogP contribution in [-0.4, -0.2) is 41.7 Å². The minimum Gasteiger partial charge on any atom is -0.484 e. The van der Waals surface area contributed by atoms with E-state index in [1.165, 1.54) is 6.42 Å². The first-order chi connectivity index (χ1) is 9.31. The molecule has 0 aliphatic heterocycles. The first-order valence-electron chi connectivity index (χ1n) is 6.89. The van der Waals surface area contributed by atoms with Crippen LogP contribution in [0, 0.1) is 0 Å². The van der Waals surface area contributed by atoms with Crippen LogP contribution in [0.2, 0.25) is 0 Å². The summed E-state index contributed by atoms with van der Waals surface area (Å²) in [6.07, 6.45) is 3.96. The van der Waals surface area contributed by atoms with E-state index >= 15 is 0 Å². The molecule has 0 spiro atoms. The molecule has 1 saturated carbocycles. The van der Waals surface area contributed by atoms with E-state index in [1.54, 1.807) is 0 Å². The number of carbonyl (C=O) groups excluding carboxylic acids is 1. The monoisotopic (exact) mass is 263 g/mol. The van der Waals surface area contributed by atoms with E-state index in [0.29, 0.717) is 24.8 Å². The lowest BCUT2D eigenvalue weighted by Gasteiger charge is -2.37. The van der Waals surface area contributed by atoms with Crippen molar-refractivity contribution in [3.8, 4) is 5.75 Å². The highest BCUT2D eigenvalue weighted by molar-refractivity contribution is 5.78. The summed E-state index contributed by atoms with van der Waals surface area (Å²) in [6.45, 7) is 0.820. The molecular weight excluding hydrogens is 242 g/mol. The van der Waals surface area contributed by atoms with Crippen molar-refractivity contribution >= 4 is 5.91 Å². The van der Waals surface area contributed by atoms with Gasteiger partial charge in [0.05, 0.1) is 0 Å². The van der Waals surface area contributed by atoms with Crippen LogP contribution >= 0.6 is 0 Å². The summed E-state index contributed by atoms with van der Waals surface area (Å²) in [5.74, 6) is 0.730. The molecule has 1 aliphatic rings. The molecule has 104 valence electrons. The second kappa shape index (κ2) is 7.14. The van der Waals surface area contributed by atoms with Gasteiger partial charge in [-0.3, -0.25) is 4.79 Å². The summed E-state index contributed by atoms with van der Waals surface area (Å²) in [6, 6.07) is 9.71. The molecule has 0 atom stereocenters. The Morgan fingerprint density at radius 1 is 1.32 bits per heavy atom. The molecule has 0 bridgehead atoms. The lowest BCUT2D eigenvalue weighted by molar-refractivity contribution is -0.137. The molecule has 1 aromatic carbocycles. The van der Waals surface area contributed by atoms with Gasteiger partial charge in [0.15, 0.2) is 6.61 Å². The van der Waals surface area contributed by atoms with E-state index in [2.05, 4.69) is 0 Å².